The first kappa shape index (κ1) is 26.4. The highest BCUT2D eigenvalue weighted by Gasteiger charge is 2.30. The SMILES string of the molecule is Cc1ccc(S(=O)(=O)N(CCO)CC(O)CN(CCO)S(=O)(=O)c2ccc(C)cc2)cc1. The van der Waals surface area contributed by atoms with Gasteiger partial charge in [-0.3, -0.25) is 0 Å². The van der Waals surface area contributed by atoms with E-state index in [0.717, 1.165) is 19.7 Å². The van der Waals surface area contributed by atoms with Crippen LogP contribution in [0.25, 0.3) is 0 Å². The number of aliphatic hydroxyl groups is 3. The Bertz CT molecular complexity index is 983. The van der Waals surface area contributed by atoms with E-state index in [1.165, 1.54) is 24.3 Å². The van der Waals surface area contributed by atoms with Crippen LogP contribution in [0.15, 0.2) is 58.3 Å². The fourth-order valence-electron chi connectivity index (χ4n) is 3.09. The molecule has 0 aliphatic carbocycles. The first-order valence-corrected chi connectivity index (χ1v) is 12.9. The summed E-state index contributed by atoms with van der Waals surface area (Å²) >= 11 is 0. The summed E-state index contributed by atoms with van der Waals surface area (Å²) in [4.78, 5) is 0.00600. The molecule has 0 spiro atoms. The lowest BCUT2D eigenvalue weighted by molar-refractivity contribution is 0.111. The molecule has 11 heteroatoms. The number of aryl methyl sites for hydroxylation is 2. The van der Waals surface area contributed by atoms with Crippen molar-refractivity contribution >= 4 is 20.0 Å². The Hall–Kier alpha value is -1.86. The van der Waals surface area contributed by atoms with Gasteiger partial charge in [0.25, 0.3) is 0 Å². The van der Waals surface area contributed by atoms with Crippen molar-refractivity contribution in [3.8, 4) is 0 Å². The molecule has 3 N–H and O–H groups in total. The molecule has 0 aliphatic heterocycles. The van der Waals surface area contributed by atoms with Crippen LogP contribution in [0.3, 0.4) is 0 Å². The van der Waals surface area contributed by atoms with Gasteiger partial charge in [0.15, 0.2) is 0 Å². The van der Waals surface area contributed by atoms with E-state index in [2.05, 4.69) is 0 Å². The molecule has 0 saturated carbocycles. The van der Waals surface area contributed by atoms with Gasteiger partial charge in [0, 0.05) is 26.2 Å². The lowest BCUT2D eigenvalue weighted by atomic mass is 10.2. The monoisotopic (exact) mass is 486 g/mol. The third-order valence-corrected chi connectivity index (χ3v) is 8.60. The van der Waals surface area contributed by atoms with Gasteiger partial charge in [-0.2, -0.15) is 8.61 Å². The van der Waals surface area contributed by atoms with E-state index in [9.17, 15) is 32.2 Å². The maximum atomic E-state index is 13.0. The molecule has 32 heavy (non-hydrogen) atoms. The highest BCUT2D eigenvalue weighted by Crippen LogP contribution is 2.19. The molecule has 0 aromatic heterocycles. The van der Waals surface area contributed by atoms with E-state index in [-0.39, 0.29) is 22.9 Å². The molecule has 0 radical (unpaired) electrons. The predicted molar refractivity (Wildman–Crippen MR) is 120 cm³/mol. The van der Waals surface area contributed by atoms with E-state index in [1.807, 2.05) is 13.8 Å². The van der Waals surface area contributed by atoms with Crippen molar-refractivity contribution in [2.24, 2.45) is 0 Å². The number of rotatable bonds is 12. The highest BCUT2D eigenvalue weighted by molar-refractivity contribution is 7.89. The Kier molecular flexibility index (Phi) is 9.34. The van der Waals surface area contributed by atoms with Gasteiger partial charge in [-0.05, 0) is 38.1 Å². The number of sulfonamides is 2. The van der Waals surface area contributed by atoms with Crippen molar-refractivity contribution in [2.45, 2.75) is 29.7 Å². The number of nitrogens with zero attached hydrogens (tertiary/aromatic N) is 2. The largest absolute Gasteiger partial charge is 0.395 e. The second kappa shape index (κ2) is 11.3. The third-order valence-electron chi connectivity index (χ3n) is 4.85. The van der Waals surface area contributed by atoms with Crippen molar-refractivity contribution in [2.75, 3.05) is 39.4 Å². The van der Waals surface area contributed by atoms with E-state index in [4.69, 9.17) is 0 Å². The van der Waals surface area contributed by atoms with Crippen molar-refractivity contribution < 1.29 is 32.2 Å². The van der Waals surface area contributed by atoms with Crippen molar-refractivity contribution in [1.29, 1.82) is 0 Å². The number of aliphatic hydroxyl groups excluding tert-OH is 3. The predicted octanol–water partition coefficient (Wildman–Crippen LogP) is 0.331. The Morgan fingerprint density at radius 1 is 0.688 bits per heavy atom. The first-order chi connectivity index (χ1) is 15.0. The average molecular weight is 487 g/mol. The van der Waals surface area contributed by atoms with Crippen molar-refractivity contribution in [3.63, 3.8) is 0 Å². The number of hydrogen-bond donors (Lipinski definition) is 3. The number of hydrogen-bond acceptors (Lipinski definition) is 7. The molecule has 0 fully saturated rings. The number of benzene rings is 2. The molecule has 0 aliphatic rings. The van der Waals surface area contributed by atoms with E-state index in [0.29, 0.717) is 0 Å². The van der Waals surface area contributed by atoms with Crippen LogP contribution in [0.4, 0.5) is 0 Å². The van der Waals surface area contributed by atoms with Crippen LogP contribution in [0, 0.1) is 13.8 Å². The Labute approximate surface area is 189 Å². The normalized spacial score (nSPS) is 12.8. The maximum absolute atomic E-state index is 13.0. The van der Waals surface area contributed by atoms with Crippen molar-refractivity contribution in [1.82, 2.24) is 8.61 Å². The van der Waals surface area contributed by atoms with Crippen LogP contribution in [0.2, 0.25) is 0 Å². The lowest BCUT2D eigenvalue weighted by Gasteiger charge is -2.28. The second-order valence-electron chi connectivity index (χ2n) is 7.45. The standard InChI is InChI=1S/C21H30N2O7S2/c1-17-3-7-20(8-4-17)31(27,28)22(11-13-24)15-19(26)16-23(12-14-25)32(29,30)21-9-5-18(2)6-10-21/h3-10,19,24-26H,11-16H2,1-2H3. The molecular weight excluding hydrogens is 456 g/mol. The van der Waals surface area contributed by atoms with Gasteiger partial charge in [-0.15, -0.1) is 0 Å². The zero-order chi connectivity index (χ0) is 23.9. The molecule has 9 nitrogen and oxygen atoms in total. The summed E-state index contributed by atoms with van der Waals surface area (Å²) in [6, 6.07) is 12.3. The van der Waals surface area contributed by atoms with Gasteiger partial charge in [-0.25, -0.2) is 16.8 Å². The second-order valence-corrected chi connectivity index (χ2v) is 11.3. The molecule has 2 rings (SSSR count). The van der Waals surface area contributed by atoms with Gasteiger partial charge >= 0.3 is 0 Å². The van der Waals surface area contributed by atoms with Gasteiger partial charge in [0.2, 0.25) is 20.0 Å². The van der Waals surface area contributed by atoms with Gasteiger partial charge < -0.3 is 15.3 Å². The van der Waals surface area contributed by atoms with Crippen LogP contribution >= 0.6 is 0 Å². The Balaban J connectivity index is 2.23. The summed E-state index contributed by atoms with van der Waals surface area (Å²) < 4.78 is 53.7. The van der Waals surface area contributed by atoms with Crippen LogP contribution < -0.4 is 0 Å². The topological polar surface area (TPSA) is 135 Å². The van der Waals surface area contributed by atoms with Crippen LogP contribution in [0.1, 0.15) is 11.1 Å². The fraction of sp³-hybridized carbons (Fsp3) is 0.429. The van der Waals surface area contributed by atoms with E-state index in [1.54, 1.807) is 24.3 Å². The zero-order valence-corrected chi connectivity index (χ0v) is 19.8. The molecule has 0 saturated heterocycles. The molecule has 2 aromatic rings. The molecule has 0 atom stereocenters. The van der Waals surface area contributed by atoms with Gasteiger partial charge in [0.1, 0.15) is 0 Å². The molecule has 178 valence electrons. The van der Waals surface area contributed by atoms with Crippen molar-refractivity contribution in [3.05, 3.63) is 59.7 Å². The Morgan fingerprint density at radius 2 is 1.00 bits per heavy atom. The van der Waals surface area contributed by atoms with Gasteiger partial charge in [0.05, 0.1) is 29.1 Å². The summed E-state index contributed by atoms with van der Waals surface area (Å²) in [5.41, 5.74) is 1.75. The molecule has 0 bridgehead atoms. The zero-order valence-electron chi connectivity index (χ0n) is 18.1. The van der Waals surface area contributed by atoms with Crippen LogP contribution in [-0.2, 0) is 20.0 Å². The fourth-order valence-corrected chi connectivity index (χ4v) is 6.03. The summed E-state index contributed by atoms with van der Waals surface area (Å²) in [6.07, 6.45) is -1.39. The quantitative estimate of drug-likeness (QED) is 0.393. The molecule has 0 unspecified atom stereocenters. The minimum atomic E-state index is -4.02. The third kappa shape index (κ3) is 6.58. The smallest absolute Gasteiger partial charge is 0.243 e. The summed E-state index contributed by atoms with van der Waals surface area (Å²) in [5.74, 6) is 0. The highest BCUT2D eigenvalue weighted by atomic mass is 32.2. The maximum Gasteiger partial charge on any atom is 0.243 e. The van der Waals surface area contributed by atoms with Gasteiger partial charge in [-0.1, -0.05) is 35.4 Å². The molecule has 2 aromatic carbocycles. The van der Waals surface area contributed by atoms with E-state index < -0.39 is 52.5 Å². The molecule has 0 heterocycles. The molecular formula is C21H30N2O7S2. The van der Waals surface area contributed by atoms with Crippen LogP contribution in [-0.4, -0.2) is 86.3 Å². The average Bonchev–Trinajstić information content (AvgIpc) is 2.73. The minimum Gasteiger partial charge on any atom is -0.395 e. The van der Waals surface area contributed by atoms with E-state index >= 15 is 0 Å². The lowest BCUT2D eigenvalue weighted by Crippen LogP contribution is -2.46. The first-order valence-electron chi connectivity index (χ1n) is 10.1. The summed E-state index contributed by atoms with van der Waals surface area (Å²) in [7, 11) is -8.04. The Morgan fingerprint density at radius 3 is 1.28 bits per heavy atom. The molecule has 0 amide bonds. The summed E-state index contributed by atoms with van der Waals surface area (Å²) in [5, 5.41) is 29.3. The summed E-state index contributed by atoms with van der Waals surface area (Å²) in [6.45, 7) is 1.30. The van der Waals surface area contributed by atoms with Crippen LogP contribution in [0.5, 0.6) is 0 Å². The minimum absolute atomic E-state index is 0.00300.